The van der Waals surface area contributed by atoms with Crippen LogP contribution in [0.15, 0.2) is 53.1 Å². The van der Waals surface area contributed by atoms with Gasteiger partial charge in [-0.2, -0.15) is 4.98 Å². The number of benzene rings is 2. The van der Waals surface area contributed by atoms with Crippen LogP contribution in [-0.2, 0) is 6.67 Å². The average Bonchev–Trinajstić information content (AvgIpc) is 3.19. The Morgan fingerprint density at radius 2 is 1.85 bits per heavy atom. The van der Waals surface area contributed by atoms with Crippen molar-refractivity contribution in [2.45, 2.75) is 25.4 Å². The Kier molecular flexibility index (Phi) is 4.80. The van der Waals surface area contributed by atoms with E-state index in [0.717, 1.165) is 48.4 Å². The Bertz CT molecular complexity index is 870. The van der Waals surface area contributed by atoms with E-state index in [4.69, 9.17) is 4.52 Å². The lowest BCUT2D eigenvalue weighted by Gasteiger charge is -2.26. The molecule has 2 aromatic carbocycles. The molecule has 0 saturated carbocycles. The number of piperidine rings is 1. The zero-order chi connectivity index (χ0) is 17.9. The number of hydrogen-bond donors (Lipinski definition) is 0. The van der Waals surface area contributed by atoms with Gasteiger partial charge in [-0.1, -0.05) is 41.6 Å². The predicted molar refractivity (Wildman–Crippen MR) is 99.5 cm³/mol. The molecular weight excluding hydrogens is 329 g/mol. The summed E-state index contributed by atoms with van der Waals surface area (Å²) in [6, 6.07) is 15.5. The highest BCUT2D eigenvalue weighted by atomic mass is 19.1. The third kappa shape index (κ3) is 3.40. The first-order valence-corrected chi connectivity index (χ1v) is 9.01. The molecule has 1 aromatic heterocycles. The number of alkyl halides is 1. The molecule has 0 aliphatic carbocycles. The molecule has 0 unspecified atom stereocenters. The zero-order valence-electron chi connectivity index (χ0n) is 14.9. The van der Waals surface area contributed by atoms with Gasteiger partial charge in [0.25, 0.3) is 5.89 Å². The molecule has 1 aliphatic heterocycles. The summed E-state index contributed by atoms with van der Waals surface area (Å²) in [5.74, 6) is 1.57. The molecule has 0 spiro atoms. The summed E-state index contributed by atoms with van der Waals surface area (Å²) < 4.78 is 19.1. The van der Waals surface area contributed by atoms with Crippen LogP contribution in [0.4, 0.5) is 4.39 Å². The quantitative estimate of drug-likeness (QED) is 0.684. The number of likely N-dealkylation sites (tertiary alicyclic amines) is 1. The summed E-state index contributed by atoms with van der Waals surface area (Å²) in [7, 11) is 2.13. The van der Waals surface area contributed by atoms with Crippen LogP contribution in [0.5, 0.6) is 0 Å². The van der Waals surface area contributed by atoms with E-state index in [-0.39, 0.29) is 0 Å². The minimum Gasteiger partial charge on any atom is -0.334 e. The molecule has 4 nitrogen and oxygen atoms in total. The largest absolute Gasteiger partial charge is 0.334 e. The number of halogens is 1. The molecule has 0 amide bonds. The highest BCUT2D eigenvalue weighted by Crippen LogP contribution is 2.31. The van der Waals surface area contributed by atoms with Crippen molar-refractivity contribution < 1.29 is 8.91 Å². The second-order valence-corrected chi connectivity index (χ2v) is 6.91. The van der Waals surface area contributed by atoms with E-state index in [9.17, 15) is 4.39 Å². The maximum absolute atomic E-state index is 13.6. The van der Waals surface area contributed by atoms with Gasteiger partial charge in [0.1, 0.15) is 6.67 Å². The maximum Gasteiger partial charge on any atom is 0.257 e. The lowest BCUT2D eigenvalue weighted by Crippen LogP contribution is -2.29. The van der Waals surface area contributed by atoms with E-state index in [0.29, 0.717) is 17.4 Å². The van der Waals surface area contributed by atoms with Gasteiger partial charge in [0.2, 0.25) is 0 Å². The van der Waals surface area contributed by atoms with Gasteiger partial charge in [0.05, 0.1) is 0 Å². The second kappa shape index (κ2) is 7.38. The molecule has 0 bridgehead atoms. The summed E-state index contributed by atoms with van der Waals surface area (Å²) in [6.45, 7) is 1.56. The SMILES string of the molecule is CN1CCC(c2noc(-c3ccc(-c4ccccc4)c(CF)c3)n2)CC1. The first-order valence-electron chi connectivity index (χ1n) is 9.01. The Balaban J connectivity index is 1.60. The van der Waals surface area contributed by atoms with E-state index in [1.807, 2.05) is 48.5 Å². The summed E-state index contributed by atoms with van der Waals surface area (Å²) in [5.41, 5.74) is 3.30. The molecule has 4 rings (SSSR count). The summed E-state index contributed by atoms with van der Waals surface area (Å²) >= 11 is 0. The van der Waals surface area contributed by atoms with E-state index in [1.165, 1.54) is 0 Å². The van der Waals surface area contributed by atoms with Gasteiger partial charge >= 0.3 is 0 Å². The molecular formula is C21H22FN3O. The number of nitrogens with zero attached hydrogens (tertiary/aromatic N) is 3. The van der Waals surface area contributed by atoms with Crippen LogP contribution < -0.4 is 0 Å². The van der Waals surface area contributed by atoms with Crippen LogP contribution in [0.2, 0.25) is 0 Å². The van der Waals surface area contributed by atoms with Crippen LogP contribution >= 0.6 is 0 Å². The molecule has 0 radical (unpaired) electrons. The minimum absolute atomic E-state index is 0.341. The molecule has 26 heavy (non-hydrogen) atoms. The number of hydrogen-bond acceptors (Lipinski definition) is 4. The van der Waals surface area contributed by atoms with Gasteiger partial charge in [-0.05, 0) is 61.8 Å². The van der Waals surface area contributed by atoms with Crippen LogP contribution in [0.1, 0.15) is 30.1 Å². The Morgan fingerprint density at radius 3 is 2.58 bits per heavy atom. The molecule has 0 N–H and O–H groups in total. The molecule has 2 heterocycles. The van der Waals surface area contributed by atoms with Gasteiger partial charge in [-0.3, -0.25) is 0 Å². The lowest BCUT2D eigenvalue weighted by atomic mass is 9.96. The maximum atomic E-state index is 13.6. The first-order chi connectivity index (χ1) is 12.7. The highest BCUT2D eigenvalue weighted by molar-refractivity contribution is 5.71. The van der Waals surface area contributed by atoms with Gasteiger partial charge in [0, 0.05) is 11.5 Å². The van der Waals surface area contributed by atoms with Crippen molar-refractivity contribution in [2.24, 2.45) is 0 Å². The second-order valence-electron chi connectivity index (χ2n) is 6.91. The lowest BCUT2D eigenvalue weighted by molar-refractivity contribution is 0.248. The zero-order valence-corrected chi connectivity index (χ0v) is 14.9. The van der Waals surface area contributed by atoms with Gasteiger partial charge < -0.3 is 9.42 Å². The smallest absolute Gasteiger partial charge is 0.257 e. The summed E-state index contributed by atoms with van der Waals surface area (Å²) in [4.78, 5) is 6.90. The van der Waals surface area contributed by atoms with Crippen molar-refractivity contribution in [3.8, 4) is 22.6 Å². The first kappa shape index (κ1) is 16.9. The van der Waals surface area contributed by atoms with Crippen molar-refractivity contribution in [3.05, 3.63) is 59.9 Å². The molecule has 1 aliphatic rings. The van der Waals surface area contributed by atoms with Crippen molar-refractivity contribution in [3.63, 3.8) is 0 Å². The van der Waals surface area contributed by atoms with Crippen LogP contribution in [0.3, 0.4) is 0 Å². The van der Waals surface area contributed by atoms with Crippen LogP contribution in [-0.4, -0.2) is 35.2 Å². The van der Waals surface area contributed by atoms with E-state index < -0.39 is 6.67 Å². The molecule has 5 heteroatoms. The normalized spacial score (nSPS) is 16.1. The van der Waals surface area contributed by atoms with Gasteiger partial charge in [0.15, 0.2) is 5.82 Å². The third-order valence-electron chi connectivity index (χ3n) is 5.11. The van der Waals surface area contributed by atoms with Crippen molar-refractivity contribution >= 4 is 0 Å². The fourth-order valence-corrected chi connectivity index (χ4v) is 3.52. The molecule has 3 aromatic rings. The highest BCUT2D eigenvalue weighted by Gasteiger charge is 2.23. The topological polar surface area (TPSA) is 42.2 Å². The van der Waals surface area contributed by atoms with E-state index in [1.54, 1.807) is 0 Å². The minimum atomic E-state index is -0.534. The van der Waals surface area contributed by atoms with Crippen LogP contribution in [0, 0.1) is 0 Å². The fourth-order valence-electron chi connectivity index (χ4n) is 3.52. The molecule has 1 saturated heterocycles. The monoisotopic (exact) mass is 351 g/mol. The van der Waals surface area contributed by atoms with Crippen LogP contribution in [0.25, 0.3) is 22.6 Å². The average molecular weight is 351 g/mol. The van der Waals surface area contributed by atoms with Crippen molar-refractivity contribution in [1.29, 1.82) is 0 Å². The molecule has 0 atom stereocenters. The van der Waals surface area contributed by atoms with Crippen molar-refractivity contribution in [2.75, 3.05) is 20.1 Å². The number of aromatic nitrogens is 2. The standard InChI is InChI=1S/C21H22FN3O/c1-25-11-9-16(10-12-25)20-23-21(26-24-20)17-7-8-19(18(13-17)14-22)15-5-3-2-4-6-15/h2-8,13,16H,9-12,14H2,1H3. The third-order valence-corrected chi connectivity index (χ3v) is 5.11. The van der Waals surface area contributed by atoms with Crippen molar-refractivity contribution in [1.82, 2.24) is 15.0 Å². The predicted octanol–water partition coefficient (Wildman–Crippen LogP) is 4.68. The van der Waals surface area contributed by atoms with Gasteiger partial charge in [-0.15, -0.1) is 0 Å². The summed E-state index contributed by atoms with van der Waals surface area (Å²) in [6.07, 6.45) is 2.08. The Hall–Kier alpha value is -2.53. The van der Waals surface area contributed by atoms with Gasteiger partial charge in [-0.25, -0.2) is 4.39 Å². The fraction of sp³-hybridized carbons (Fsp3) is 0.333. The Morgan fingerprint density at radius 1 is 1.08 bits per heavy atom. The molecule has 1 fully saturated rings. The van der Waals surface area contributed by atoms with E-state index in [2.05, 4.69) is 22.1 Å². The Labute approximate surface area is 152 Å². The number of rotatable bonds is 4. The summed E-state index contributed by atoms with van der Waals surface area (Å²) in [5, 5.41) is 4.18. The molecule has 134 valence electrons. The van der Waals surface area contributed by atoms with E-state index >= 15 is 0 Å².